The summed E-state index contributed by atoms with van der Waals surface area (Å²) in [6, 6.07) is 10.7. The molecule has 0 aromatic heterocycles. The average Bonchev–Trinajstić information content (AvgIpc) is 2.99. The molecule has 1 aliphatic rings. The van der Waals surface area contributed by atoms with Gasteiger partial charge in [-0.05, 0) is 30.4 Å². The standard InChI is InChI=1S/C18H24OS2/c1-3-4-8-16(13-14(2)19)17(18-20-11-12-21-18)15-9-6-5-7-10-15/h5-7,9-10,16H,3-4,8,11-13H2,1-2H3. The van der Waals surface area contributed by atoms with Gasteiger partial charge >= 0.3 is 0 Å². The van der Waals surface area contributed by atoms with Gasteiger partial charge in [0.25, 0.3) is 0 Å². The highest BCUT2D eigenvalue weighted by Crippen LogP contribution is 2.46. The predicted molar refractivity (Wildman–Crippen MR) is 96.6 cm³/mol. The summed E-state index contributed by atoms with van der Waals surface area (Å²) in [7, 11) is 0. The van der Waals surface area contributed by atoms with Gasteiger partial charge in [0.2, 0.25) is 0 Å². The fourth-order valence-electron chi connectivity index (χ4n) is 2.75. The van der Waals surface area contributed by atoms with Crippen LogP contribution >= 0.6 is 23.5 Å². The number of Topliss-reactive ketones (excluding diaryl/α,β-unsaturated/α-hetero) is 1. The van der Waals surface area contributed by atoms with Crippen LogP contribution in [-0.4, -0.2) is 17.3 Å². The van der Waals surface area contributed by atoms with Gasteiger partial charge in [0.15, 0.2) is 0 Å². The van der Waals surface area contributed by atoms with Crippen LogP contribution in [0, 0.1) is 5.92 Å². The van der Waals surface area contributed by atoms with Gasteiger partial charge < -0.3 is 4.79 Å². The number of hydrogen-bond acceptors (Lipinski definition) is 3. The Kier molecular flexibility index (Phi) is 6.91. The van der Waals surface area contributed by atoms with Crippen molar-refractivity contribution in [2.75, 3.05) is 11.5 Å². The Morgan fingerprint density at radius 1 is 1.19 bits per heavy atom. The zero-order valence-corrected chi connectivity index (χ0v) is 14.6. The molecule has 0 amide bonds. The number of thioether (sulfide) groups is 2. The molecule has 1 aliphatic heterocycles. The molecule has 114 valence electrons. The average molecular weight is 321 g/mol. The van der Waals surface area contributed by atoms with Crippen molar-refractivity contribution in [3.63, 3.8) is 0 Å². The number of allylic oxidation sites excluding steroid dienone is 1. The Balaban J connectivity index is 2.36. The van der Waals surface area contributed by atoms with E-state index >= 15 is 0 Å². The highest BCUT2D eigenvalue weighted by molar-refractivity contribution is 8.25. The number of carbonyl (C=O) groups is 1. The lowest BCUT2D eigenvalue weighted by Gasteiger charge is -2.22. The second kappa shape index (κ2) is 8.70. The smallest absolute Gasteiger partial charge is 0.130 e. The van der Waals surface area contributed by atoms with E-state index in [1.807, 2.05) is 23.5 Å². The zero-order valence-electron chi connectivity index (χ0n) is 12.9. The maximum absolute atomic E-state index is 11.7. The third-order valence-electron chi connectivity index (χ3n) is 3.70. The molecule has 1 heterocycles. The highest BCUT2D eigenvalue weighted by Gasteiger charge is 2.24. The molecule has 21 heavy (non-hydrogen) atoms. The molecule has 0 aliphatic carbocycles. The van der Waals surface area contributed by atoms with E-state index in [0.717, 1.165) is 6.42 Å². The zero-order chi connectivity index (χ0) is 15.1. The van der Waals surface area contributed by atoms with Crippen molar-refractivity contribution in [1.82, 2.24) is 0 Å². The summed E-state index contributed by atoms with van der Waals surface area (Å²) in [4.78, 5) is 11.7. The molecule has 0 saturated carbocycles. The minimum Gasteiger partial charge on any atom is -0.300 e. The van der Waals surface area contributed by atoms with Gasteiger partial charge in [-0.15, -0.1) is 23.5 Å². The first-order valence-corrected chi connectivity index (χ1v) is 9.74. The summed E-state index contributed by atoms with van der Waals surface area (Å²) in [5.41, 5.74) is 2.73. The quantitative estimate of drug-likeness (QED) is 0.649. The molecule has 3 heteroatoms. The Bertz CT molecular complexity index is 485. The second-order valence-corrected chi connectivity index (χ2v) is 7.98. The third-order valence-corrected chi connectivity index (χ3v) is 6.45. The van der Waals surface area contributed by atoms with E-state index in [1.165, 1.54) is 39.7 Å². The Labute approximate surface area is 137 Å². The first-order valence-electron chi connectivity index (χ1n) is 7.77. The van der Waals surface area contributed by atoms with Crippen LogP contribution < -0.4 is 0 Å². The van der Waals surface area contributed by atoms with Crippen LogP contribution in [0.25, 0.3) is 5.57 Å². The Hall–Kier alpha value is -0.670. The van der Waals surface area contributed by atoms with Gasteiger partial charge in [0.1, 0.15) is 5.78 Å². The van der Waals surface area contributed by atoms with Crippen molar-refractivity contribution in [3.8, 4) is 0 Å². The predicted octanol–water partition coefficient (Wildman–Crippen LogP) is 5.62. The van der Waals surface area contributed by atoms with Crippen molar-refractivity contribution >= 4 is 34.9 Å². The number of benzene rings is 1. The van der Waals surface area contributed by atoms with Crippen LogP contribution in [-0.2, 0) is 4.79 Å². The summed E-state index contributed by atoms with van der Waals surface area (Å²) in [6.45, 7) is 3.94. The summed E-state index contributed by atoms with van der Waals surface area (Å²) in [5, 5.41) is 0. The van der Waals surface area contributed by atoms with Crippen LogP contribution in [0.15, 0.2) is 34.6 Å². The largest absolute Gasteiger partial charge is 0.300 e. The minimum absolute atomic E-state index is 0.304. The van der Waals surface area contributed by atoms with Crippen molar-refractivity contribution < 1.29 is 4.79 Å². The fourth-order valence-corrected chi connectivity index (χ4v) is 5.50. The molecular weight excluding hydrogens is 296 g/mol. The van der Waals surface area contributed by atoms with Gasteiger partial charge in [-0.3, -0.25) is 0 Å². The van der Waals surface area contributed by atoms with E-state index in [-0.39, 0.29) is 0 Å². The molecule has 1 fully saturated rings. The van der Waals surface area contributed by atoms with E-state index in [2.05, 4.69) is 37.3 Å². The van der Waals surface area contributed by atoms with Crippen LogP contribution in [0.4, 0.5) is 0 Å². The van der Waals surface area contributed by atoms with Crippen molar-refractivity contribution in [2.45, 2.75) is 39.5 Å². The monoisotopic (exact) mass is 320 g/mol. The minimum atomic E-state index is 0.304. The third kappa shape index (κ3) is 4.93. The molecule has 1 saturated heterocycles. The van der Waals surface area contributed by atoms with Crippen molar-refractivity contribution in [3.05, 3.63) is 40.1 Å². The van der Waals surface area contributed by atoms with E-state index < -0.39 is 0 Å². The topological polar surface area (TPSA) is 17.1 Å². The van der Waals surface area contributed by atoms with Gasteiger partial charge in [-0.25, -0.2) is 0 Å². The van der Waals surface area contributed by atoms with Crippen LogP contribution in [0.3, 0.4) is 0 Å². The lowest BCUT2D eigenvalue weighted by atomic mass is 9.86. The molecule has 1 atom stereocenters. The molecule has 0 radical (unpaired) electrons. The summed E-state index contributed by atoms with van der Waals surface area (Å²) < 4.78 is 1.45. The maximum atomic E-state index is 11.7. The number of rotatable bonds is 7. The highest BCUT2D eigenvalue weighted by atomic mass is 32.2. The van der Waals surface area contributed by atoms with E-state index in [0.29, 0.717) is 18.1 Å². The summed E-state index contributed by atoms with van der Waals surface area (Å²) in [5.74, 6) is 3.06. The molecule has 1 aromatic rings. The molecule has 1 unspecified atom stereocenters. The number of hydrogen-bond donors (Lipinski definition) is 0. The molecular formula is C18H24OS2. The summed E-state index contributed by atoms with van der Waals surface area (Å²) in [6.07, 6.45) is 4.17. The van der Waals surface area contributed by atoms with E-state index in [4.69, 9.17) is 0 Å². The molecule has 0 N–H and O–H groups in total. The van der Waals surface area contributed by atoms with Crippen molar-refractivity contribution in [1.29, 1.82) is 0 Å². The molecule has 1 aromatic carbocycles. The SMILES string of the molecule is CCCCC(CC(C)=O)C(=C1SCCS1)c1ccccc1. The first-order chi connectivity index (χ1) is 10.2. The summed E-state index contributed by atoms with van der Waals surface area (Å²) >= 11 is 3.93. The molecule has 2 rings (SSSR count). The maximum Gasteiger partial charge on any atom is 0.130 e. The van der Waals surface area contributed by atoms with Crippen molar-refractivity contribution in [2.24, 2.45) is 5.92 Å². The molecule has 1 nitrogen and oxygen atoms in total. The molecule has 0 spiro atoms. The van der Waals surface area contributed by atoms with Crippen LogP contribution in [0.2, 0.25) is 0 Å². The lowest BCUT2D eigenvalue weighted by Crippen LogP contribution is -2.09. The Morgan fingerprint density at radius 3 is 2.43 bits per heavy atom. The first kappa shape index (κ1) is 16.7. The van der Waals surface area contributed by atoms with Gasteiger partial charge in [-0.1, -0.05) is 50.1 Å². The van der Waals surface area contributed by atoms with E-state index in [1.54, 1.807) is 6.92 Å². The fraction of sp³-hybridized carbons (Fsp3) is 0.500. The Morgan fingerprint density at radius 2 is 1.86 bits per heavy atom. The number of unbranched alkanes of at least 4 members (excludes halogenated alkanes) is 1. The van der Waals surface area contributed by atoms with E-state index in [9.17, 15) is 4.79 Å². The van der Waals surface area contributed by atoms with Gasteiger partial charge in [0.05, 0.1) is 0 Å². The lowest BCUT2D eigenvalue weighted by molar-refractivity contribution is -0.117. The number of carbonyl (C=O) groups excluding carboxylic acids is 1. The number of ketones is 1. The van der Waals surface area contributed by atoms with Crippen LogP contribution in [0.1, 0.15) is 45.1 Å². The molecule has 0 bridgehead atoms. The van der Waals surface area contributed by atoms with Gasteiger partial charge in [-0.2, -0.15) is 0 Å². The van der Waals surface area contributed by atoms with Gasteiger partial charge in [0, 0.05) is 22.2 Å². The van der Waals surface area contributed by atoms with Crippen LogP contribution in [0.5, 0.6) is 0 Å². The normalized spacial score (nSPS) is 16.0. The second-order valence-electron chi connectivity index (χ2n) is 5.51.